The molecular weight excluding hydrogens is 268 g/mol. The first-order valence-corrected chi connectivity index (χ1v) is 6.74. The molecule has 0 unspecified atom stereocenters. The van der Waals surface area contributed by atoms with E-state index in [2.05, 4.69) is 4.98 Å². The number of aromatic nitrogens is 1. The highest BCUT2D eigenvalue weighted by molar-refractivity contribution is 7.13. The largest absolute Gasteiger partial charge is 0.347 e. The number of hydrogen-bond donors (Lipinski definition) is 0. The second-order valence-corrected chi connectivity index (χ2v) is 5.33. The molecular formula is C13H13ClN2OS. The Morgan fingerprint density at radius 1 is 1.39 bits per heavy atom. The fourth-order valence-corrected chi connectivity index (χ4v) is 2.49. The number of halogens is 1. The van der Waals surface area contributed by atoms with Crippen LogP contribution >= 0.6 is 22.9 Å². The van der Waals surface area contributed by atoms with Gasteiger partial charge < -0.3 is 4.90 Å². The predicted molar refractivity (Wildman–Crippen MR) is 75.7 cm³/mol. The summed E-state index contributed by atoms with van der Waals surface area (Å²) in [5.74, 6) is -0.00241. The minimum Gasteiger partial charge on any atom is -0.347 e. The van der Waals surface area contributed by atoms with Gasteiger partial charge in [-0.25, -0.2) is 4.98 Å². The molecule has 1 heterocycles. The van der Waals surface area contributed by atoms with Crippen LogP contribution in [0.15, 0.2) is 29.6 Å². The quantitative estimate of drug-likeness (QED) is 0.802. The Bertz CT molecular complexity index is 550. The second-order valence-electron chi connectivity index (χ2n) is 4.05. The van der Waals surface area contributed by atoms with E-state index in [0.29, 0.717) is 5.69 Å². The molecule has 94 valence electrons. The zero-order valence-electron chi connectivity index (χ0n) is 10.2. The van der Waals surface area contributed by atoms with Crippen LogP contribution in [0.5, 0.6) is 0 Å². The van der Waals surface area contributed by atoms with Crippen LogP contribution in [0.3, 0.4) is 0 Å². The van der Waals surface area contributed by atoms with Gasteiger partial charge in [0.2, 0.25) is 0 Å². The number of carbonyl (C=O) groups is 1. The monoisotopic (exact) mass is 280 g/mol. The first-order valence-electron chi connectivity index (χ1n) is 5.48. The van der Waals surface area contributed by atoms with E-state index in [9.17, 15) is 4.79 Å². The van der Waals surface area contributed by atoms with Crippen LogP contribution in [0.25, 0.3) is 0 Å². The summed E-state index contributed by atoms with van der Waals surface area (Å²) in [6.07, 6.45) is 0. The van der Waals surface area contributed by atoms with Crippen molar-refractivity contribution in [2.75, 3.05) is 11.9 Å². The molecule has 0 aliphatic heterocycles. The zero-order valence-corrected chi connectivity index (χ0v) is 11.8. The molecule has 3 nitrogen and oxygen atoms in total. The van der Waals surface area contributed by atoms with Gasteiger partial charge in [-0.2, -0.15) is 0 Å². The molecule has 18 heavy (non-hydrogen) atoms. The van der Waals surface area contributed by atoms with E-state index >= 15 is 0 Å². The zero-order chi connectivity index (χ0) is 13.1. The van der Waals surface area contributed by atoms with Crippen LogP contribution in [-0.2, 0) is 6.54 Å². The number of nitrogens with zero attached hydrogens (tertiary/aromatic N) is 2. The van der Waals surface area contributed by atoms with Gasteiger partial charge in [-0.15, -0.1) is 11.3 Å². The summed E-state index contributed by atoms with van der Waals surface area (Å²) >= 11 is 7.32. The Balaban J connectivity index is 2.09. The van der Waals surface area contributed by atoms with E-state index in [4.69, 9.17) is 11.6 Å². The summed E-state index contributed by atoms with van der Waals surface area (Å²) in [7, 11) is 1.96. The van der Waals surface area contributed by atoms with E-state index in [1.165, 1.54) is 18.3 Å². The third kappa shape index (κ3) is 3.09. The van der Waals surface area contributed by atoms with Crippen molar-refractivity contribution in [3.05, 3.63) is 45.9 Å². The van der Waals surface area contributed by atoms with E-state index in [-0.39, 0.29) is 5.78 Å². The fourth-order valence-electron chi connectivity index (χ4n) is 1.53. The lowest BCUT2D eigenvalue weighted by atomic mass is 10.2. The third-order valence-electron chi connectivity index (χ3n) is 2.51. The van der Waals surface area contributed by atoms with Crippen molar-refractivity contribution in [1.29, 1.82) is 0 Å². The maximum absolute atomic E-state index is 11.2. The molecule has 0 N–H and O–H groups in total. The van der Waals surface area contributed by atoms with Crippen molar-refractivity contribution in [2.45, 2.75) is 13.5 Å². The number of ketones is 1. The standard InChI is InChI=1S/C13H13ClN2OS/c1-9(17)12-8-18-13(15-12)16(2)7-10-3-5-11(14)6-4-10/h3-6,8H,7H2,1-2H3. The number of thiazole rings is 1. The summed E-state index contributed by atoms with van der Waals surface area (Å²) < 4.78 is 0. The molecule has 0 spiro atoms. The maximum Gasteiger partial charge on any atom is 0.186 e. The van der Waals surface area contributed by atoms with Gasteiger partial charge in [-0.3, -0.25) is 4.79 Å². The summed E-state index contributed by atoms with van der Waals surface area (Å²) in [6.45, 7) is 2.26. The topological polar surface area (TPSA) is 33.2 Å². The van der Waals surface area contributed by atoms with Gasteiger partial charge in [0.25, 0.3) is 0 Å². The molecule has 0 amide bonds. The molecule has 0 atom stereocenters. The molecule has 0 bridgehead atoms. The highest BCUT2D eigenvalue weighted by Gasteiger charge is 2.10. The van der Waals surface area contributed by atoms with E-state index in [0.717, 1.165) is 22.3 Å². The molecule has 0 saturated carbocycles. The van der Waals surface area contributed by atoms with Crippen LogP contribution in [0.4, 0.5) is 5.13 Å². The number of carbonyl (C=O) groups excluding carboxylic acids is 1. The summed E-state index contributed by atoms with van der Waals surface area (Å²) in [5, 5.41) is 3.36. The van der Waals surface area contributed by atoms with E-state index < -0.39 is 0 Å². The predicted octanol–water partition coefficient (Wildman–Crippen LogP) is 3.64. The molecule has 0 radical (unpaired) electrons. The average Bonchev–Trinajstić information content (AvgIpc) is 2.81. The molecule has 1 aromatic carbocycles. The Morgan fingerprint density at radius 3 is 2.61 bits per heavy atom. The maximum atomic E-state index is 11.2. The van der Waals surface area contributed by atoms with Crippen LogP contribution in [-0.4, -0.2) is 17.8 Å². The third-order valence-corrected chi connectivity index (χ3v) is 3.72. The first-order chi connectivity index (χ1) is 8.56. The van der Waals surface area contributed by atoms with Crippen LogP contribution in [0, 0.1) is 0 Å². The van der Waals surface area contributed by atoms with Crippen molar-refractivity contribution in [3.8, 4) is 0 Å². The molecule has 0 aliphatic rings. The molecule has 2 rings (SSSR count). The Labute approximate surface area is 115 Å². The molecule has 2 aromatic rings. The SMILES string of the molecule is CC(=O)c1csc(N(C)Cc2ccc(Cl)cc2)n1. The molecule has 1 aromatic heterocycles. The summed E-state index contributed by atoms with van der Waals surface area (Å²) in [6, 6.07) is 7.71. The van der Waals surface area contributed by atoms with Gasteiger partial charge in [0, 0.05) is 30.9 Å². The highest BCUT2D eigenvalue weighted by Crippen LogP contribution is 2.21. The minimum atomic E-state index is -0.00241. The Kier molecular flexibility index (Phi) is 3.99. The molecule has 5 heteroatoms. The highest BCUT2D eigenvalue weighted by atomic mass is 35.5. The van der Waals surface area contributed by atoms with Crippen molar-refractivity contribution < 1.29 is 4.79 Å². The number of benzene rings is 1. The molecule has 0 aliphatic carbocycles. The van der Waals surface area contributed by atoms with Gasteiger partial charge in [-0.1, -0.05) is 23.7 Å². The van der Waals surface area contributed by atoms with Crippen molar-refractivity contribution in [1.82, 2.24) is 4.98 Å². The van der Waals surface area contributed by atoms with Crippen molar-refractivity contribution >= 4 is 33.9 Å². The fraction of sp³-hybridized carbons (Fsp3) is 0.231. The Hall–Kier alpha value is -1.39. The van der Waals surface area contributed by atoms with Crippen molar-refractivity contribution in [2.24, 2.45) is 0 Å². The van der Waals surface area contributed by atoms with Gasteiger partial charge >= 0.3 is 0 Å². The van der Waals surface area contributed by atoms with Gasteiger partial charge in [0.1, 0.15) is 5.69 Å². The van der Waals surface area contributed by atoms with Crippen molar-refractivity contribution in [3.63, 3.8) is 0 Å². The Morgan fingerprint density at radius 2 is 2.06 bits per heavy atom. The van der Waals surface area contributed by atoms with Crippen LogP contribution in [0.2, 0.25) is 5.02 Å². The lowest BCUT2D eigenvalue weighted by Crippen LogP contribution is -2.16. The van der Waals surface area contributed by atoms with Gasteiger partial charge in [0.05, 0.1) is 0 Å². The summed E-state index contributed by atoms with van der Waals surface area (Å²) in [5.41, 5.74) is 1.68. The van der Waals surface area contributed by atoms with Gasteiger partial charge in [-0.05, 0) is 17.7 Å². The van der Waals surface area contributed by atoms with Gasteiger partial charge in [0.15, 0.2) is 10.9 Å². The first kappa shape index (κ1) is 13.1. The number of hydrogen-bond acceptors (Lipinski definition) is 4. The molecule has 0 fully saturated rings. The lowest BCUT2D eigenvalue weighted by molar-refractivity contribution is 0.101. The van der Waals surface area contributed by atoms with E-state index in [1.54, 1.807) is 5.38 Å². The number of rotatable bonds is 4. The van der Waals surface area contributed by atoms with E-state index in [1.807, 2.05) is 36.2 Å². The minimum absolute atomic E-state index is 0.00241. The normalized spacial score (nSPS) is 10.4. The smallest absolute Gasteiger partial charge is 0.186 e. The molecule has 0 saturated heterocycles. The average molecular weight is 281 g/mol. The number of anilines is 1. The second kappa shape index (κ2) is 5.50. The van der Waals surface area contributed by atoms with Crippen LogP contribution in [0.1, 0.15) is 23.0 Å². The number of Topliss-reactive ketones (excluding diaryl/α,β-unsaturated/α-hetero) is 1. The summed E-state index contributed by atoms with van der Waals surface area (Å²) in [4.78, 5) is 17.5. The van der Waals surface area contributed by atoms with Crippen LogP contribution < -0.4 is 4.90 Å². The lowest BCUT2D eigenvalue weighted by Gasteiger charge is -2.15.